The lowest BCUT2D eigenvalue weighted by Gasteiger charge is -2.11. The van der Waals surface area contributed by atoms with Gasteiger partial charge < -0.3 is 15.4 Å². The van der Waals surface area contributed by atoms with Crippen molar-refractivity contribution in [3.8, 4) is 0 Å². The third-order valence-electron chi connectivity index (χ3n) is 2.21. The molecule has 0 bridgehead atoms. The first-order valence-corrected chi connectivity index (χ1v) is 6.33. The Balaban J connectivity index is 2.03. The molecular formula is C10H11N5O3S. The molecule has 3 N–H and O–H groups in total. The molecule has 0 spiro atoms. The lowest BCUT2D eigenvalue weighted by atomic mass is 10.3. The van der Waals surface area contributed by atoms with Gasteiger partial charge in [-0.05, 0) is 0 Å². The average Bonchev–Trinajstić information content (AvgIpc) is 2.80. The van der Waals surface area contributed by atoms with Crippen molar-refractivity contribution in [3.05, 3.63) is 12.5 Å². The summed E-state index contributed by atoms with van der Waals surface area (Å²) in [6.07, 6.45) is 3.06. The second-order valence-electron chi connectivity index (χ2n) is 3.69. The summed E-state index contributed by atoms with van der Waals surface area (Å²) >= 11 is 1.15. The molecule has 2 aromatic rings. The van der Waals surface area contributed by atoms with Crippen molar-refractivity contribution in [1.82, 2.24) is 25.3 Å². The molecule has 0 saturated heterocycles. The van der Waals surface area contributed by atoms with E-state index in [0.717, 1.165) is 11.8 Å². The van der Waals surface area contributed by atoms with Gasteiger partial charge in [-0.15, -0.1) is 0 Å². The van der Waals surface area contributed by atoms with Crippen molar-refractivity contribution in [3.63, 3.8) is 0 Å². The molecule has 0 aliphatic carbocycles. The Morgan fingerprint density at radius 1 is 1.53 bits per heavy atom. The van der Waals surface area contributed by atoms with Crippen LogP contribution in [-0.2, 0) is 9.59 Å². The van der Waals surface area contributed by atoms with E-state index in [9.17, 15) is 9.59 Å². The summed E-state index contributed by atoms with van der Waals surface area (Å²) in [5.74, 6) is -1.34. The molecule has 0 saturated carbocycles. The van der Waals surface area contributed by atoms with Gasteiger partial charge in [-0.3, -0.25) is 4.79 Å². The topological polar surface area (TPSA) is 121 Å². The summed E-state index contributed by atoms with van der Waals surface area (Å²) in [5.41, 5.74) is 1.23. The first-order valence-electron chi connectivity index (χ1n) is 5.35. The smallest absolute Gasteiger partial charge is 0.327 e. The van der Waals surface area contributed by atoms with Crippen molar-refractivity contribution in [2.24, 2.45) is 0 Å². The minimum absolute atomic E-state index is 0.147. The number of carbonyl (C=O) groups excluding carboxylic acids is 1. The van der Waals surface area contributed by atoms with Crippen LogP contribution < -0.4 is 5.32 Å². The average molecular weight is 281 g/mol. The summed E-state index contributed by atoms with van der Waals surface area (Å²) in [7, 11) is 0. The summed E-state index contributed by atoms with van der Waals surface area (Å²) in [5, 5.41) is 11.7. The van der Waals surface area contributed by atoms with E-state index in [1.54, 1.807) is 6.20 Å². The van der Waals surface area contributed by atoms with Gasteiger partial charge in [0.05, 0.1) is 12.5 Å². The predicted octanol–water partition coefficient (Wildman–Crippen LogP) is 0.0343. The van der Waals surface area contributed by atoms with Crippen LogP contribution in [0.4, 0.5) is 0 Å². The molecule has 0 aliphatic heterocycles. The van der Waals surface area contributed by atoms with E-state index in [1.807, 2.05) is 0 Å². The number of H-pyrrole nitrogens is 1. The number of carbonyl (C=O) groups is 2. The first-order chi connectivity index (χ1) is 9.06. The summed E-state index contributed by atoms with van der Waals surface area (Å²) in [6, 6.07) is -0.969. The number of aromatic nitrogens is 4. The van der Waals surface area contributed by atoms with Crippen LogP contribution in [0.3, 0.4) is 0 Å². The minimum atomic E-state index is -1.09. The molecule has 0 aliphatic rings. The Hall–Kier alpha value is -2.16. The highest BCUT2D eigenvalue weighted by molar-refractivity contribution is 7.99. The fourth-order valence-corrected chi connectivity index (χ4v) is 2.20. The van der Waals surface area contributed by atoms with E-state index in [4.69, 9.17) is 5.11 Å². The molecule has 1 atom stereocenters. The third-order valence-corrected chi connectivity index (χ3v) is 3.16. The number of fused-ring (bicyclic) bond motifs is 1. The standard InChI is InChI=1S/C10H11N5O3S/c1-5(16)14-7(9(17)18)3-19-10-11-2-6-8(15-10)13-4-12-6/h2,4,7H,3H2,1H3,(H,14,16)(H,17,18)(H,11,12,13,15)/t7-/m0/s1. The van der Waals surface area contributed by atoms with Crippen molar-refractivity contribution in [1.29, 1.82) is 0 Å². The Morgan fingerprint density at radius 2 is 2.32 bits per heavy atom. The Bertz CT molecular complexity index is 614. The van der Waals surface area contributed by atoms with E-state index in [2.05, 4.69) is 25.3 Å². The lowest BCUT2D eigenvalue weighted by Crippen LogP contribution is -2.41. The highest BCUT2D eigenvalue weighted by Crippen LogP contribution is 2.16. The number of aromatic amines is 1. The summed E-state index contributed by atoms with van der Waals surface area (Å²) in [4.78, 5) is 36.9. The third kappa shape index (κ3) is 3.41. The zero-order chi connectivity index (χ0) is 13.8. The highest BCUT2D eigenvalue weighted by atomic mass is 32.2. The fraction of sp³-hybridized carbons (Fsp3) is 0.300. The van der Waals surface area contributed by atoms with Crippen LogP contribution in [-0.4, -0.2) is 48.7 Å². The van der Waals surface area contributed by atoms with Gasteiger partial charge >= 0.3 is 5.97 Å². The molecule has 9 heteroatoms. The molecular weight excluding hydrogens is 270 g/mol. The molecule has 19 heavy (non-hydrogen) atoms. The maximum Gasteiger partial charge on any atom is 0.327 e. The molecule has 100 valence electrons. The molecule has 2 heterocycles. The van der Waals surface area contributed by atoms with Crippen LogP contribution >= 0.6 is 11.8 Å². The van der Waals surface area contributed by atoms with Crippen LogP contribution in [0.1, 0.15) is 6.92 Å². The van der Waals surface area contributed by atoms with Gasteiger partial charge in [0.1, 0.15) is 11.6 Å². The van der Waals surface area contributed by atoms with Crippen LogP contribution in [0, 0.1) is 0 Å². The maximum absolute atomic E-state index is 10.9. The number of hydrogen-bond acceptors (Lipinski definition) is 6. The van der Waals surface area contributed by atoms with Crippen molar-refractivity contribution in [2.45, 2.75) is 18.1 Å². The molecule has 0 radical (unpaired) electrons. The molecule has 0 unspecified atom stereocenters. The maximum atomic E-state index is 10.9. The van der Waals surface area contributed by atoms with E-state index in [0.29, 0.717) is 16.3 Å². The second-order valence-corrected chi connectivity index (χ2v) is 4.68. The number of aliphatic carboxylic acids is 1. The number of carboxylic acids is 1. The zero-order valence-corrected chi connectivity index (χ0v) is 10.8. The lowest BCUT2D eigenvalue weighted by molar-refractivity contribution is -0.140. The molecule has 8 nitrogen and oxygen atoms in total. The number of thioether (sulfide) groups is 1. The quantitative estimate of drug-likeness (QED) is 0.522. The van der Waals surface area contributed by atoms with Gasteiger partial charge in [0, 0.05) is 12.7 Å². The van der Waals surface area contributed by atoms with Crippen LogP contribution in [0.2, 0.25) is 0 Å². The van der Waals surface area contributed by atoms with Crippen LogP contribution in [0.15, 0.2) is 17.7 Å². The molecule has 2 aromatic heterocycles. The largest absolute Gasteiger partial charge is 0.480 e. The SMILES string of the molecule is CC(=O)N[C@@H](CSc1ncc2nc[nH]c2n1)C(=O)O. The fourth-order valence-electron chi connectivity index (χ4n) is 1.37. The first kappa shape index (κ1) is 13.3. The minimum Gasteiger partial charge on any atom is -0.480 e. The summed E-state index contributed by atoms with van der Waals surface area (Å²) in [6.45, 7) is 1.27. The van der Waals surface area contributed by atoms with Gasteiger partial charge in [0.15, 0.2) is 10.8 Å². The number of hydrogen-bond donors (Lipinski definition) is 3. The number of imidazole rings is 1. The Morgan fingerprint density at radius 3 is 3.00 bits per heavy atom. The van der Waals surface area contributed by atoms with Crippen LogP contribution in [0.25, 0.3) is 11.2 Å². The van der Waals surface area contributed by atoms with E-state index in [1.165, 1.54) is 13.3 Å². The Labute approximate surface area is 112 Å². The predicted molar refractivity (Wildman–Crippen MR) is 67.6 cm³/mol. The van der Waals surface area contributed by atoms with Gasteiger partial charge in [0.2, 0.25) is 5.91 Å². The monoisotopic (exact) mass is 281 g/mol. The normalized spacial score (nSPS) is 12.3. The molecule has 1 amide bonds. The number of amides is 1. The number of nitrogens with one attached hydrogen (secondary N) is 2. The van der Waals surface area contributed by atoms with Crippen LogP contribution in [0.5, 0.6) is 0 Å². The highest BCUT2D eigenvalue weighted by Gasteiger charge is 2.19. The number of rotatable bonds is 5. The van der Waals surface area contributed by atoms with Gasteiger partial charge in [-0.1, -0.05) is 11.8 Å². The molecule has 2 rings (SSSR count). The van der Waals surface area contributed by atoms with E-state index >= 15 is 0 Å². The van der Waals surface area contributed by atoms with Crippen molar-refractivity contribution >= 4 is 34.8 Å². The van der Waals surface area contributed by atoms with E-state index in [-0.39, 0.29) is 5.75 Å². The van der Waals surface area contributed by atoms with Gasteiger partial charge in [0.25, 0.3) is 0 Å². The second kappa shape index (κ2) is 5.65. The number of nitrogens with zero attached hydrogens (tertiary/aromatic N) is 3. The van der Waals surface area contributed by atoms with Gasteiger partial charge in [-0.25, -0.2) is 19.7 Å². The van der Waals surface area contributed by atoms with Crippen molar-refractivity contribution < 1.29 is 14.7 Å². The molecule has 0 fully saturated rings. The zero-order valence-electron chi connectivity index (χ0n) is 9.95. The van der Waals surface area contributed by atoms with Gasteiger partial charge in [-0.2, -0.15) is 0 Å². The Kier molecular flexibility index (Phi) is 3.95. The van der Waals surface area contributed by atoms with Crippen molar-refractivity contribution in [2.75, 3.05) is 5.75 Å². The van der Waals surface area contributed by atoms with E-state index < -0.39 is 17.9 Å². The number of carboxylic acid groups (broad SMARTS) is 1. The molecule has 0 aromatic carbocycles. The summed E-state index contributed by atoms with van der Waals surface area (Å²) < 4.78 is 0.